The number of likely N-dealkylation sites (N-methyl/N-ethyl adjacent to an activating group) is 2. The molecule has 1 unspecified atom stereocenters. The number of likely N-dealkylation sites (tertiary alicyclic amines) is 1. The first kappa shape index (κ1) is 11.4. The van der Waals surface area contributed by atoms with E-state index in [9.17, 15) is 0 Å². The zero-order chi connectivity index (χ0) is 10.7. The van der Waals surface area contributed by atoms with E-state index in [-0.39, 0.29) is 0 Å². The van der Waals surface area contributed by atoms with E-state index >= 15 is 0 Å². The van der Waals surface area contributed by atoms with Gasteiger partial charge in [-0.05, 0) is 65.5 Å². The number of piperidine rings is 1. The summed E-state index contributed by atoms with van der Waals surface area (Å²) in [5, 5.41) is 3.34. The number of hydrogen-bond acceptors (Lipinski definition) is 3. The van der Waals surface area contributed by atoms with Crippen molar-refractivity contribution in [3.63, 3.8) is 0 Å². The maximum Gasteiger partial charge on any atom is 0.0220 e. The standard InChI is InChI=1S/C12H25N3/c1-14-6-3-4-12(10-14)15(2)7-5-11-8-13-9-11/h11-13H,3-10H2,1-2H3. The zero-order valence-electron chi connectivity index (χ0n) is 10.2. The lowest BCUT2D eigenvalue weighted by molar-refractivity contribution is 0.125. The third-order valence-corrected chi connectivity index (χ3v) is 3.98. The number of nitrogens with one attached hydrogen (secondary N) is 1. The molecule has 0 aromatic rings. The van der Waals surface area contributed by atoms with Crippen LogP contribution < -0.4 is 5.32 Å². The molecule has 1 N–H and O–H groups in total. The Hall–Kier alpha value is -0.120. The van der Waals surface area contributed by atoms with E-state index in [0.717, 1.165) is 12.0 Å². The maximum absolute atomic E-state index is 3.34. The maximum atomic E-state index is 3.34. The van der Waals surface area contributed by atoms with Gasteiger partial charge < -0.3 is 15.1 Å². The van der Waals surface area contributed by atoms with Crippen LogP contribution in [0.2, 0.25) is 0 Å². The van der Waals surface area contributed by atoms with Crippen LogP contribution in [-0.2, 0) is 0 Å². The molecule has 0 bridgehead atoms. The lowest BCUT2D eigenvalue weighted by atomic mass is 9.98. The van der Waals surface area contributed by atoms with Crippen LogP contribution in [0.1, 0.15) is 19.3 Å². The number of nitrogens with zero attached hydrogens (tertiary/aromatic N) is 2. The van der Waals surface area contributed by atoms with Crippen LogP contribution in [0, 0.1) is 5.92 Å². The molecule has 0 saturated carbocycles. The summed E-state index contributed by atoms with van der Waals surface area (Å²) in [6.07, 6.45) is 4.14. The van der Waals surface area contributed by atoms with Gasteiger partial charge in [-0.1, -0.05) is 0 Å². The van der Waals surface area contributed by atoms with Crippen molar-refractivity contribution >= 4 is 0 Å². The first-order valence-corrected chi connectivity index (χ1v) is 6.35. The lowest BCUT2D eigenvalue weighted by Crippen LogP contribution is -2.47. The predicted molar refractivity (Wildman–Crippen MR) is 64.1 cm³/mol. The van der Waals surface area contributed by atoms with Crippen molar-refractivity contribution in [2.24, 2.45) is 5.92 Å². The van der Waals surface area contributed by atoms with Crippen molar-refractivity contribution in [1.82, 2.24) is 15.1 Å². The molecule has 1 atom stereocenters. The second kappa shape index (κ2) is 5.28. The minimum atomic E-state index is 0.803. The summed E-state index contributed by atoms with van der Waals surface area (Å²) in [6, 6.07) is 0.803. The number of rotatable bonds is 4. The lowest BCUT2D eigenvalue weighted by Gasteiger charge is -2.37. The summed E-state index contributed by atoms with van der Waals surface area (Å²) in [5.74, 6) is 0.953. The van der Waals surface area contributed by atoms with Gasteiger partial charge in [0.05, 0.1) is 0 Å². The summed E-state index contributed by atoms with van der Waals surface area (Å²) in [6.45, 7) is 6.33. The minimum Gasteiger partial charge on any atom is -0.316 e. The van der Waals surface area contributed by atoms with Crippen LogP contribution >= 0.6 is 0 Å². The Bertz CT molecular complexity index is 191. The fourth-order valence-electron chi connectivity index (χ4n) is 2.62. The van der Waals surface area contributed by atoms with Crippen molar-refractivity contribution < 1.29 is 0 Å². The molecule has 2 aliphatic heterocycles. The topological polar surface area (TPSA) is 18.5 Å². The summed E-state index contributed by atoms with van der Waals surface area (Å²) in [4.78, 5) is 5.05. The fraction of sp³-hybridized carbons (Fsp3) is 1.00. The second-order valence-corrected chi connectivity index (χ2v) is 5.35. The molecule has 2 fully saturated rings. The molecule has 0 aromatic heterocycles. The molecule has 2 rings (SSSR count). The van der Waals surface area contributed by atoms with Crippen molar-refractivity contribution in [2.75, 3.05) is 46.8 Å². The van der Waals surface area contributed by atoms with Gasteiger partial charge in [-0.15, -0.1) is 0 Å². The van der Waals surface area contributed by atoms with Crippen molar-refractivity contribution in [3.05, 3.63) is 0 Å². The molecule has 88 valence electrons. The van der Waals surface area contributed by atoms with Crippen molar-refractivity contribution in [2.45, 2.75) is 25.3 Å². The SMILES string of the molecule is CN1CCCC(N(C)CCC2CNC2)C1. The molecule has 0 amide bonds. The highest BCUT2D eigenvalue weighted by Gasteiger charge is 2.22. The zero-order valence-corrected chi connectivity index (χ0v) is 10.2. The normalized spacial score (nSPS) is 29.4. The third-order valence-electron chi connectivity index (χ3n) is 3.98. The Morgan fingerprint density at radius 3 is 2.80 bits per heavy atom. The van der Waals surface area contributed by atoms with Gasteiger partial charge in [-0.2, -0.15) is 0 Å². The average molecular weight is 211 g/mol. The van der Waals surface area contributed by atoms with Gasteiger partial charge in [0, 0.05) is 12.6 Å². The molecule has 0 aliphatic carbocycles. The molecule has 3 heteroatoms. The summed E-state index contributed by atoms with van der Waals surface area (Å²) < 4.78 is 0. The van der Waals surface area contributed by atoms with Crippen LogP contribution in [0.4, 0.5) is 0 Å². The van der Waals surface area contributed by atoms with Crippen LogP contribution in [0.3, 0.4) is 0 Å². The van der Waals surface area contributed by atoms with E-state index in [2.05, 4.69) is 29.2 Å². The highest BCUT2D eigenvalue weighted by molar-refractivity contribution is 4.80. The van der Waals surface area contributed by atoms with Crippen LogP contribution in [-0.4, -0.2) is 62.7 Å². The molecule has 3 nitrogen and oxygen atoms in total. The Morgan fingerprint density at radius 1 is 1.40 bits per heavy atom. The van der Waals surface area contributed by atoms with E-state index in [1.165, 1.54) is 52.0 Å². The molecule has 0 spiro atoms. The minimum absolute atomic E-state index is 0.803. The van der Waals surface area contributed by atoms with Gasteiger partial charge in [0.1, 0.15) is 0 Å². The van der Waals surface area contributed by atoms with E-state index < -0.39 is 0 Å². The molecule has 0 aromatic carbocycles. The van der Waals surface area contributed by atoms with E-state index in [1.807, 2.05) is 0 Å². The van der Waals surface area contributed by atoms with E-state index in [1.54, 1.807) is 0 Å². The summed E-state index contributed by atoms with van der Waals surface area (Å²) in [7, 11) is 4.55. The molecule has 2 aliphatic rings. The second-order valence-electron chi connectivity index (χ2n) is 5.35. The summed E-state index contributed by atoms with van der Waals surface area (Å²) >= 11 is 0. The molecular formula is C12H25N3. The van der Waals surface area contributed by atoms with Gasteiger partial charge in [0.25, 0.3) is 0 Å². The average Bonchev–Trinajstić information content (AvgIpc) is 2.15. The molecule has 15 heavy (non-hydrogen) atoms. The quantitative estimate of drug-likeness (QED) is 0.735. The monoisotopic (exact) mass is 211 g/mol. The molecule has 2 heterocycles. The molecule has 0 radical (unpaired) electrons. The Kier molecular flexibility index (Phi) is 4.00. The predicted octanol–water partition coefficient (Wildman–Crippen LogP) is 0.622. The molecule has 2 saturated heterocycles. The van der Waals surface area contributed by atoms with E-state index in [4.69, 9.17) is 0 Å². The highest BCUT2D eigenvalue weighted by Crippen LogP contribution is 2.15. The largest absolute Gasteiger partial charge is 0.316 e. The van der Waals surface area contributed by atoms with Crippen LogP contribution in [0.25, 0.3) is 0 Å². The first-order valence-electron chi connectivity index (χ1n) is 6.35. The third kappa shape index (κ3) is 3.16. The fourth-order valence-corrected chi connectivity index (χ4v) is 2.62. The Labute approximate surface area is 93.8 Å². The van der Waals surface area contributed by atoms with Crippen molar-refractivity contribution in [1.29, 1.82) is 0 Å². The van der Waals surface area contributed by atoms with Gasteiger partial charge in [0.15, 0.2) is 0 Å². The van der Waals surface area contributed by atoms with Crippen LogP contribution in [0.15, 0.2) is 0 Å². The Balaban J connectivity index is 1.66. The highest BCUT2D eigenvalue weighted by atomic mass is 15.2. The van der Waals surface area contributed by atoms with Crippen LogP contribution in [0.5, 0.6) is 0 Å². The summed E-state index contributed by atoms with van der Waals surface area (Å²) in [5.41, 5.74) is 0. The van der Waals surface area contributed by atoms with Crippen molar-refractivity contribution in [3.8, 4) is 0 Å². The smallest absolute Gasteiger partial charge is 0.0220 e. The number of hydrogen-bond donors (Lipinski definition) is 1. The first-order chi connectivity index (χ1) is 7.25. The Morgan fingerprint density at radius 2 is 2.20 bits per heavy atom. The van der Waals surface area contributed by atoms with Gasteiger partial charge in [-0.3, -0.25) is 0 Å². The van der Waals surface area contributed by atoms with Gasteiger partial charge in [0.2, 0.25) is 0 Å². The van der Waals surface area contributed by atoms with E-state index in [0.29, 0.717) is 0 Å². The molecular weight excluding hydrogens is 186 g/mol. The van der Waals surface area contributed by atoms with Gasteiger partial charge >= 0.3 is 0 Å². The van der Waals surface area contributed by atoms with Gasteiger partial charge in [-0.25, -0.2) is 0 Å².